The highest BCUT2D eigenvalue weighted by atomic mass is 31.1. The van der Waals surface area contributed by atoms with E-state index in [-0.39, 0.29) is 5.41 Å². The summed E-state index contributed by atoms with van der Waals surface area (Å²) in [5, 5.41) is 0. The van der Waals surface area contributed by atoms with Crippen molar-refractivity contribution in [2.75, 3.05) is 19.5 Å². The average molecular weight is 300 g/mol. The molecule has 0 bridgehead atoms. The highest BCUT2D eigenvalue weighted by Crippen LogP contribution is 2.41. The van der Waals surface area contributed by atoms with E-state index in [0.717, 1.165) is 29.2 Å². The molecule has 0 aliphatic carbocycles. The van der Waals surface area contributed by atoms with Crippen LogP contribution in [0.15, 0.2) is 24.8 Å². The highest BCUT2D eigenvalue weighted by Gasteiger charge is 2.28. The molecular formula is C17H34P2. The Bertz CT molecular complexity index is 288. The molecule has 0 N–H and O–H groups in total. The molecule has 0 aromatic carbocycles. The highest BCUT2D eigenvalue weighted by molar-refractivity contribution is 7.38. The lowest BCUT2D eigenvalue weighted by atomic mass is 9.76. The van der Waals surface area contributed by atoms with Gasteiger partial charge in [-0.05, 0) is 55.2 Å². The van der Waals surface area contributed by atoms with Crippen LogP contribution >= 0.6 is 17.2 Å². The van der Waals surface area contributed by atoms with Gasteiger partial charge in [-0.15, -0.1) is 23.7 Å². The van der Waals surface area contributed by atoms with E-state index in [9.17, 15) is 0 Å². The van der Waals surface area contributed by atoms with Gasteiger partial charge in [0, 0.05) is 0 Å². The average Bonchev–Trinajstić information content (AvgIpc) is 2.34. The summed E-state index contributed by atoms with van der Waals surface area (Å²) in [5.74, 6) is 0. The summed E-state index contributed by atoms with van der Waals surface area (Å²) in [6.45, 7) is 22.3. The van der Waals surface area contributed by atoms with E-state index in [0.29, 0.717) is 5.41 Å². The second-order valence-corrected chi connectivity index (χ2v) is 9.47. The predicted octanol–water partition coefficient (Wildman–Crippen LogP) is 5.94. The van der Waals surface area contributed by atoms with Crippen LogP contribution in [-0.4, -0.2) is 25.2 Å². The van der Waals surface area contributed by atoms with Gasteiger partial charge in [0.2, 0.25) is 0 Å². The van der Waals surface area contributed by atoms with Gasteiger partial charge in [-0.1, -0.05) is 45.9 Å². The van der Waals surface area contributed by atoms with E-state index in [1.807, 2.05) is 0 Å². The molecule has 0 saturated heterocycles. The lowest BCUT2D eigenvalue weighted by Crippen LogP contribution is -2.25. The van der Waals surface area contributed by atoms with Gasteiger partial charge in [-0.3, -0.25) is 0 Å². The zero-order valence-corrected chi connectivity index (χ0v) is 15.9. The van der Waals surface area contributed by atoms with Crippen molar-refractivity contribution >= 4 is 17.2 Å². The normalized spacial score (nSPS) is 18.0. The van der Waals surface area contributed by atoms with Crippen LogP contribution in [0.25, 0.3) is 0 Å². The molecule has 0 fully saturated rings. The number of hydrogen-bond acceptors (Lipinski definition) is 0. The summed E-state index contributed by atoms with van der Waals surface area (Å²) < 4.78 is 0. The van der Waals surface area contributed by atoms with E-state index in [1.165, 1.54) is 24.6 Å². The summed E-state index contributed by atoms with van der Waals surface area (Å²) in [4.78, 5) is 0. The van der Waals surface area contributed by atoms with Gasteiger partial charge in [0.1, 0.15) is 0 Å². The Morgan fingerprint density at radius 1 is 1.26 bits per heavy atom. The molecular weight excluding hydrogens is 266 g/mol. The van der Waals surface area contributed by atoms with Crippen molar-refractivity contribution in [1.29, 1.82) is 0 Å². The van der Waals surface area contributed by atoms with Crippen LogP contribution in [0.5, 0.6) is 0 Å². The molecule has 4 atom stereocenters. The van der Waals surface area contributed by atoms with E-state index < -0.39 is 0 Å². The maximum Gasteiger partial charge on any atom is -0.00753 e. The van der Waals surface area contributed by atoms with Crippen molar-refractivity contribution in [2.24, 2.45) is 10.8 Å². The summed E-state index contributed by atoms with van der Waals surface area (Å²) in [5.41, 5.74) is 2.77. The smallest absolute Gasteiger partial charge is 0.00753 e. The first kappa shape index (κ1) is 19.3. The molecule has 0 aliphatic rings. The maximum absolute atomic E-state index is 4.29. The first-order valence-corrected chi connectivity index (χ1v) is 10.6. The minimum atomic E-state index is 0.236. The molecule has 0 aromatic rings. The largest absolute Gasteiger partial charge is 0.124 e. The zero-order chi connectivity index (χ0) is 15.1. The van der Waals surface area contributed by atoms with E-state index in [4.69, 9.17) is 0 Å². The van der Waals surface area contributed by atoms with Gasteiger partial charge in [0.15, 0.2) is 0 Å². The fourth-order valence-electron chi connectivity index (χ4n) is 2.36. The molecule has 0 amide bonds. The molecule has 0 nitrogen and oxygen atoms in total. The molecule has 112 valence electrons. The number of allylic oxidation sites excluding steroid dienone is 2. The summed E-state index contributed by atoms with van der Waals surface area (Å²) in [6.07, 6.45) is 7.20. The fourth-order valence-corrected chi connectivity index (χ4v) is 4.14. The minimum Gasteiger partial charge on any atom is -0.124 e. The molecule has 0 heterocycles. The number of hydrogen-bond donors (Lipinski definition) is 0. The van der Waals surface area contributed by atoms with E-state index >= 15 is 0 Å². The van der Waals surface area contributed by atoms with Crippen LogP contribution in [0.4, 0.5) is 0 Å². The third-order valence-electron chi connectivity index (χ3n) is 4.15. The van der Waals surface area contributed by atoms with Gasteiger partial charge in [0.05, 0.1) is 0 Å². The Labute approximate surface area is 125 Å². The Balaban J connectivity index is 4.76. The Hall–Kier alpha value is 0.340. The maximum atomic E-state index is 4.29. The van der Waals surface area contributed by atoms with E-state index in [2.05, 4.69) is 60.3 Å². The SMILES string of the molecule is C=CC(CCC(=C)C(C)(C)C)(CPC)CC(C)PC. The Morgan fingerprint density at radius 3 is 2.21 bits per heavy atom. The molecule has 0 radical (unpaired) electrons. The molecule has 19 heavy (non-hydrogen) atoms. The zero-order valence-electron chi connectivity index (χ0n) is 13.9. The van der Waals surface area contributed by atoms with Crippen molar-refractivity contribution in [3.05, 3.63) is 24.8 Å². The molecule has 0 aliphatic heterocycles. The summed E-state index contributed by atoms with van der Waals surface area (Å²) in [6, 6.07) is 0. The minimum absolute atomic E-state index is 0.236. The third-order valence-corrected chi connectivity index (χ3v) is 6.40. The standard InChI is InChI=1S/C17H34P2/c1-9-17(13-18-7,12-15(3)19-8)11-10-14(2)16(4,5)6/h9,15,18-19H,1-2,10-13H2,3-8H3. The molecule has 2 heteroatoms. The predicted molar refractivity (Wildman–Crippen MR) is 97.9 cm³/mol. The fraction of sp³-hybridized carbons (Fsp3) is 0.765. The van der Waals surface area contributed by atoms with Crippen molar-refractivity contribution in [3.8, 4) is 0 Å². The van der Waals surface area contributed by atoms with Gasteiger partial charge in [0.25, 0.3) is 0 Å². The van der Waals surface area contributed by atoms with Gasteiger partial charge < -0.3 is 0 Å². The topological polar surface area (TPSA) is 0 Å². The lowest BCUT2D eigenvalue weighted by molar-refractivity contribution is 0.352. The van der Waals surface area contributed by atoms with Gasteiger partial charge in [-0.25, -0.2) is 0 Å². The van der Waals surface area contributed by atoms with Crippen LogP contribution in [0, 0.1) is 10.8 Å². The molecule has 0 rings (SSSR count). The molecule has 0 spiro atoms. The van der Waals surface area contributed by atoms with Crippen molar-refractivity contribution < 1.29 is 0 Å². The first-order chi connectivity index (χ1) is 8.70. The molecule has 4 unspecified atom stereocenters. The molecule has 0 aromatic heterocycles. The Kier molecular flexibility index (Phi) is 8.74. The van der Waals surface area contributed by atoms with Crippen LogP contribution < -0.4 is 0 Å². The monoisotopic (exact) mass is 300 g/mol. The summed E-state index contributed by atoms with van der Waals surface area (Å²) >= 11 is 0. The van der Waals surface area contributed by atoms with Gasteiger partial charge in [-0.2, -0.15) is 0 Å². The van der Waals surface area contributed by atoms with Crippen molar-refractivity contribution in [3.63, 3.8) is 0 Å². The Morgan fingerprint density at radius 2 is 1.84 bits per heavy atom. The van der Waals surface area contributed by atoms with Crippen molar-refractivity contribution in [2.45, 2.75) is 52.6 Å². The van der Waals surface area contributed by atoms with Crippen LogP contribution in [0.2, 0.25) is 0 Å². The van der Waals surface area contributed by atoms with Crippen LogP contribution in [0.1, 0.15) is 47.0 Å². The first-order valence-electron chi connectivity index (χ1n) is 7.34. The van der Waals surface area contributed by atoms with Crippen molar-refractivity contribution in [1.82, 2.24) is 0 Å². The van der Waals surface area contributed by atoms with Crippen LogP contribution in [0.3, 0.4) is 0 Å². The second-order valence-electron chi connectivity index (χ2n) is 6.84. The third kappa shape index (κ3) is 7.06. The lowest BCUT2D eigenvalue weighted by Gasteiger charge is -2.34. The number of rotatable bonds is 9. The second kappa shape index (κ2) is 8.59. The quantitative estimate of drug-likeness (QED) is 0.365. The van der Waals surface area contributed by atoms with Gasteiger partial charge >= 0.3 is 0 Å². The van der Waals surface area contributed by atoms with Crippen LogP contribution in [-0.2, 0) is 0 Å². The summed E-state index contributed by atoms with van der Waals surface area (Å²) in [7, 11) is 2.04. The molecule has 0 saturated carbocycles. The van der Waals surface area contributed by atoms with E-state index in [1.54, 1.807) is 0 Å².